The lowest BCUT2D eigenvalue weighted by Gasteiger charge is -2.41. The first-order chi connectivity index (χ1) is 31.2. The van der Waals surface area contributed by atoms with Crippen LogP contribution in [0.4, 0.5) is 0 Å². The van der Waals surface area contributed by atoms with Crippen molar-refractivity contribution in [1.82, 2.24) is 0 Å². The first kappa shape index (κ1) is 59.4. The van der Waals surface area contributed by atoms with Crippen molar-refractivity contribution >= 4 is 19.8 Å². The maximum Gasteiger partial charge on any atom is 0.472 e. The second-order valence-electron chi connectivity index (χ2n) is 15.6. The van der Waals surface area contributed by atoms with Gasteiger partial charge in [-0.2, -0.15) is 0 Å². The molecule has 0 radical (unpaired) electrons. The number of phosphoric ester groups is 1. The van der Waals surface area contributed by atoms with Crippen molar-refractivity contribution < 1.29 is 73.3 Å². The van der Waals surface area contributed by atoms with Crippen LogP contribution in [-0.2, 0) is 32.7 Å². The van der Waals surface area contributed by atoms with Gasteiger partial charge >= 0.3 is 19.8 Å². The highest BCUT2D eigenvalue weighted by Crippen LogP contribution is 2.47. The van der Waals surface area contributed by atoms with Crippen molar-refractivity contribution in [2.75, 3.05) is 13.2 Å². The van der Waals surface area contributed by atoms with Gasteiger partial charge in [0, 0.05) is 12.8 Å². The molecular formula is C49H77O15P. The fraction of sp³-hybridized carbons (Fsp3) is 0.592. The van der Waals surface area contributed by atoms with E-state index in [1.165, 1.54) is 19.3 Å². The van der Waals surface area contributed by atoms with E-state index in [4.69, 9.17) is 18.5 Å². The maximum absolute atomic E-state index is 12.8. The van der Waals surface area contributed by atoms with E-state index in [-0.39, 0.29) is 12.8 Å². The van der Waals surface area contributed by atoms with Crippen LogP contribution in [0.5, 0.6) is 0 Å². The molecule has 0 heterocycles. The summed E-state index contributed by atoms with van der Waals surface area (Å²) in [6.07, 6.45) is 30.7. The number of esters is 2. The van der Waals surface area contributed by atoms with Gasteiger partial charge in [0.05, 0.1) is 18.8 Å². The number of unbranched alkanes of at least 4 members (excludes halogenated alkanes) is 5. The van der Waals surface area contributed by atoms with Crippen molar-refractivity contribution in [1.29, 1.82) is 0 Å². The van der Waals surface area contributed by atoms with Gasteiger partial charge in [0.15, 0.2) is 6.10 Å². The van der Waals surface area contributed by atoms with Gasteiger partial charge in [-0.25, -0.2) is 4.57 Å². The van der Waals surface area contributed by atoms with Gasteiger partial charge in [0.2, 0.25) is 0 Å². The molecule has 0 saturated heterocycles. The highest BCUT2D eigenvalue weighted by Gasteiger charge is 2.51. The molecular weight excluding hydrogens is 859 g/mol. The van der Waals surface area contributed by atoms with Gasteiger partial charge in [-0.1, -0.05) is 136 Å². The first-order valence-electron chi connectivity index (χ1n) is 22.9. The number of hydrogen-bond donors (Lipinski definition) is 8. The largest absolute Gasteiger partial charge is 0.472 e. The normalized spacial score (nSPS) is 23.4. The van der Waals surface area contributed by atoms with Crippen LogP contribution in [0.3, 0.4) is 0 Å². The number of hydrogen-bond acceptors (Lipinski definition) is 14. The molecule has 0 spiro atoms. The number of ether oxygens (including phenoxy) is 2. The molecule has 368 valence electrons. The molecule has 0 aromatic rings. The van der Waals surface area contributed by atoms with Gasteiger partial charge in [0.1, 0.15) is 43.2 Å². The lowest BCUT2D eigenvalue weighted by Crippen LogP contribution is -2.64. The maximum atomic E-state index is 12.8. The molecule has 1 aliphatic rings. The van der Waals surface area contributed by atoms with Gasteiger partial charge in [-0.15, -0.1) is 0 Å². The zero-order chi connectivity index (χ0) is 48.1. The van der Waals surface area contributed by atoms with E-state index in [1.54, 1.807) is 42.5 Å². The van der Waals surface area contributed by atoms with Crippen LogP contribution < -0.4 is 0 Å². The van der Waals surface area contributed by atoms with E-state index >= 15 is 0 Å². The van der Waals surface area contributed by atoms with Crippen molar-refractivity contribution in [3.8, 4) is 0 Å². The summed E-state index contributed by atoms with van der Waals surface area (Å²) < 4.78 is 33.3. The minimum atomic E-state index is -5.18. The monoisotopic (exact) mass is 937 g/mol. The predicted molar refractivity (Wildman–Crippen MR) is 251 cm³/mol. The van der Waals surface area contributed by atoms with E-state index in [1.807, 2.05) is 43.4 Å². The fourth-order valence-electron chi connectivity index (χ4n) is 6.02. The second-order valence-corrected chi connectivity index (χ2v) is 17.0. The molecule has 0 aromatic carbocycles. The zero-order valence-electron chi connectivity index (χ0n) is 38.2. The van der Waals surface area contributed by atoms with E-state index in [0.717, 1.165) is 32.1 Å². The number of aliphatic hydroxyl groups excluding tert-OH is 7. The molecule has 1 fully saturated rings. The lowest BCUT2D eigenvalue weighted by molar-refractivity contribution is -0.220. The van der Waals surface area contributed by atoms with Crippen LogP contribution in [0.25, 0.3) is 0 Å². The second kappa shape index (κ2) is 37.5. The number of rotatable bonds is 35. The van der Waals surface area contributed by atoms with Gasteiger partial charge in [-0.3, -0.25) is 18.6 Å². The van der Waals surface area contributed by atoms with Crippen LogP contribution in [0.2, 0.25) is 0 Å². The molecule has 16 heteroatoms. The summed E-state index contributed by atoms with van der Waals surface area (Å²) >= 11 is 0. The van der Waals surface area contributed by atoms with Crippen molar-refractivity contribution in [2.24, 2.45) is 0 Å². The average Bonchev–Trinajstić information content (AvgIpc) is 3.28. The molecule has 65 heavy (non-hydrogen) atoms. The third-order valence-electron chi connectivity index (χ3n) is 9.78. The summed E-state index contributed by atoms with van der Waals surface area (Å²) in [4.78, 5) is 35.7. The summed E-state index contributed by atoms with van der Waals surface area (Å²) in [6, 6.07) is 0. The summed E-state index contributed by atoms with van der Waals surface area (Å²) in [5.74, 6) is -1.33. The van der Waals surface area contributed by atoms with Crippen LogP contribution in [0, 0.1) is 0 Å². The molecule has 0 amide bonds. The molecule has 15 nitrogen and oxygen atoms in total. The Morgan fingerprint density at radius 3 is 1.62 bits per heavy atom. The summed E-state index contributed by atoms with van der Waals surface area (Å²) in [5.41, 5.74) is 0. The Labute approximate surface area is 386 Å². The fourth-order valence-corrected chi connectivity index (χ4v) is 6.99. The molecule has 1 rings (SSSR count). The van der Waals surface area contributed by atoms with E-state index < -0.39 is 87.9 Å². The van der Waals surface area contributed by atoms with Crippen LogP contribution in [0.1, 0.15) is 117 Å². The van der Waals surface area contributed by atoms with Gasteiger partial charge in [0.25, 0.3) is 0 Å². The quantitative estimate of drug-likeness (QED) is 0.0107. The molecule has 3 unspecified atom stereocenters. The number of carbonyl (C=O) groups is 2. The van der Waals surface area contributed by atoms with Gasteiger partial charge in [-0.05, 0) is 77.0 Å². The molecule has 1 aliphatic carbocycles. The predicted octanol–water partition coefficient (Wildman–Crippen LogP) is 6.77. The van der Waals surface area contributed by atoms with Crippen molar-refractivity contribution in [2.45, 2.75) is 172 Å². The highest BCUT2D eigenvalue weighted by atomic mass is 31.2. The van der Waals surface area contributed by atoms with Crippen LogP contribution in [0.15, 0.2) is 109 Å². The van der Waals surface area contributed by atoms with Crippen molar-refractivity contribution in [3.05, 3.63) is 109 Å². The molecule has 0 aliphatic heterocycles. The van der Waals surface area contributed by atoms with E-state index in [0.29, 0.717) is 38.5 Å². The zero-order valence-corrected chi connectivity index (χ0v) is 39.1. The topological polar surface area (TPSA) is 250 Å². The molecule has 10 atom stereocenters. The minimum absolute atomic E-state index is 0.00291. The Balaban J connectivity index is 2.60. The van der Waals surface area contributed by atoms with Crippen LogP contribution >= 0.6 is 7.82 Å². The summed E-state index contributed by atoms with van der Waals surface area (Å²) in [6.45, 7) is 2.87. The lowest BCUT2D eigenvalue weighted by atomic mass is 9.85. The van der Waals surface area contributed by atoms with Crippen molar-refractivity contribution in [3.63, 3.8) is 0 Å². The number of allylic oxidation sites excluding steroid dienone is 14. The Hall–Kier alpha value is -3.57. The smallest absolute Gasteiger partial charge is 0.462 e. The molecule has 0 bridgehead atoms. The summed E-state index contributed by atoms with van der Waals surface area (Å²) in [7, 11) is -5.18. The average molecular weight is 937 g/mol. The van der Waals surface area contributed by atoms with E-state index in [2.05, 4.69) is 37.3 Å². The number of aliphatic hydroxyl groups is 7. The van der Waals surface area contributed by atoms with Crippen LogP contribution in [-0.4, -0.2) is 121 Å². The molecule has 8 N–H and O–H groups in total. The third kappa shape index (κ3) is 30.4. The summed E-state index contributed by atoms with van der Waals surface area (Å²) in [5, 5.41) is 70.1. The Morgan fingerprint density at radius 1 is 0.569 bits per heavy atom. The van der Waals surface area contributed by atoms with E-state index in [9.17, 15) is 54.8 Å². The Kier molecular flexibility index (Phi) is 34.3. The molecule has 0 aromatic heterocycles. The Morgan fingerprint density at radius 2 is 1.06 bits per heavy atom. The number of carbonyl (C=O) groups excluding carboxylic acids is 2. The SMILES string of the molecule is CC/C=C\C[C@@H](O)/C=C/C=C\C=C\[C@@H](O)C/C=C\C/C=C\CCC(=O)OC[C@H](COP(=O)(O)OC1[C@H](O)[C@H](O)C(O)[C@H](O)[C@H]1O)OC(=O)CCCC/C=C\C/C=C\C/C=C\CCCCC. The third-order valence-corrected chi connectivity index (χ3v) is 10.8. The highest BCUT2D eigenvalue weighted by molar-refractivity contribution is 7.47. The standard InChI is InChI=1S/C49H77O15P/c1-3-5-7-8-9-10-11-12-13-14-15-16-17-22-30-36-43(53)63-41(38-62-65(59,60)64-49-47(57)45(55)44(54)46(56)48(49)58)37-61-42(52)35-29-21-19-18-20-26-32-40(51)34-28-24-23-27-33-39(50)31-25-6-4-2/h6,9-10,12-13,15-16,19-21,23-28,33-34,39-41,44-51,54-58H,3-5,7-8,11,14,17-18,22,29-32,35-38H2,1-2H3,(H,59,60)/b10-9-,13-12-,16-15-,21-19-,24-23-,25-6-,26-20-,33-27+,34-28+/t39-,40+,41-,44?,45-,46+,47-,48-,49?/m1/s1. The van der Waals surface area contributed by atoms with Gasteiger partial charge < -0.3 is 50.1 Å². The Bertz CT molecular complexity index is 1580. The molecule has 1 saturated carbocycles. The minimum Gasteiger partial charge on any atom is -0.462 e. The number of phosphoric acid groups is 1. The first-order valence-corrected chi connectivity index (χ1v) is 24.4.